The van der Waals surface area contributed by atoms with Crippen LogP contribution in [0.4, 0.5) is 0 Å². The van der Waals surface area contributed by atoms with Crippen LogP contribution in [0, 0.1) is 5.92 Å². The lowest BCUT2D eigenvalue weighted by atomic mass is 10.0. The van der Waals surface area contributed by atoms with Crippen molar-refractivity contribution in [2.45, 2.75) is 37.5 Å². The third-order valence-corrected chi connectivity index (χ3v) is 5.81. The number of nitrogens with zero attached hydrogens (tertiary/aromatic N) is 1. The molecule has 1 fully saturated rings. The van der Waals surface area contributed by atoms with Crippen LogP contribution in [0.5, 0.6) is 0 Å². The Labute approximate surface area is 125 Å². The Hall–Kier alpha value is -1.40. The molecule has 2 rings (SSSR count). The van der Waals surface area contributed by atoms with Crippen LogP contribution < -0.4 is 0 Å². The van der Waals surface area contributed by atoms with Crippen LogP contribution in [0.25, 0.3) is 0 Å². The van der Waals surface area contributed by atoms with E-state index in [1.54, 1.807) is 16.4 Å². The quantitative estimate of drug-likeness (QED) is 0.924. The highest BCUT2D eigenvalue weighted by Gasteiger charge is 2.26. The van der Waals surface area contributed by atoms with Gasteiger partial charge in [-0.15, -0.1) is 0 Å². The molecule has 0 saturated carbocycles. The average Bonchev–Trinajstić information content (AvgIpc) is 2.64. The van der Waals surface area contributed by atoms with E-state index >= 15 is 0 Å². The molecule has 1 atom stereocenters. The lowest BCUT2D eigenvalue weighted by molar-refractivity contribution is -0.136. The van der Waals surface area contributed by atoms with Crippen molar-refractivity contribution in [3.8, 4) is 0 Å². The molecule has 0 bridgehead atoms. The topological polar surface area (TPSA) is 74.7 Å². The molecule has 1 N–H and O–H groups in total. The van der Waals surface area contributed by atoms with Crippen LogP contribution in [0.2, 0.25) is 0 Å². The number of aliphatic carboxylic acids is 1. The van der Waals surface area contributed by atoms with Gasteiger partial charge in [-0.2, -0.15) is 4.31 Å². The molecule has 5 nitrogen and oxygen atoms in total. The summed E-state index contributed by atoms with van der Waals surface area (Å²) in [5.74, 6) is -0.366. The second kappa shape index (κ2) is 6.58. The number of benzene rings is 1. The molecule has 1 aliphatic rings. The van der Waals surface area contributed by atoms with Crippen molar-refractivity contribution >= 4 is 16.0 Å². The van der Waals surface area contributed by atoms with Gasteiger partial charge in [0.1, 0.15) is 0 Å². The van der Waals surface area contributed by atoms with E-state index in [4.69, 9.17) is 5.11 Å². The van der Waals surface area contributed by atoms with Gasteiger partial charge in [0.25, 0.3) is 0 Å². The number of hydrogen-bond donors (Lipinski definition) is 1. The van der Waals surface area contributed by atoms with E-state index in [2.05, 4.69) is 6.92 Å². The van der Waals surface area contributed by atoms with Crippen molar-refractivity contribution in [1.29, 1.82) is 0 Å². The van der Waals surface area contributed by atoms with Gasteiger partial charge < -0.3 is 5.11 Å². The van der Waals surface area contributed by atoms with Crippen LogP contribution in [0.1, 0.15) is 31.7 Å². The number of hydrogen-bond acceptors (Lipinski definition) is 3. The number of rotatable bonds is 4. The second-order valence-corrected chi connectivity index (χ2v) is 7.59. The lowest BCUT2D eigenvalue weighted by Gasteiger charge is -2.20. The molecule has 1 heterocycles. The molecule has 1 unspecified atom stereocenters. The summed E-state index contributed by atoms with van der Waals surface area (Å²) in [7, 11) is -3.47. The number of sulfonamides is 1. The van der Waals surface area contributed by atoms with Crippen LogP contribution in [0.15, 0.2) is 29.2 Å². The Kier molecular flexibility index (Phi) is 5.00. The maximum absolute atomic E-state index is 12.6. The summed E-state index contributed by atoms with van der Waals surface area (Å²) in [6, 6.07) is 6.15. The molecule has 1 saturated heterocycles. The van der Waals surface area contributed by atoms with E-state index in [0.29, 0.717) is 24.6 Å². The third kappa shape index (κ3) is 4.04. The smallest absolute Gasteiger partial charge is 0.307 e. The Morgan fingerprint density at radius 3 is 2.52 bits per heavy atom. The molecular formula is C15H21NO4S. The first-order valence-electron chi connectivity index (χ1n) is 7.20. The molecule has 6 heteroatoms. The largest absolute Gasteiger partial charge is 0.481 e. The Morgan fingerprint density at radius 1 is 1.24 bits per heavy atom. The van der Waals surface area contributed by atoms with Crippen molar-refractivity contribution in [2.24, 2.45) is 5.92 Å². The van der Waals surface area contributed by atoms with Gasteiger partial charge in [-0.05, 0) is 42.9 Å². The van der Waals surface area contributed by atoms with Gasteiger partial charge in [0.15, 0.2) is 0 Å². The monoisotopic (exact) mass is 311 g/mol. The maximum Gasteiger partial charge on any atom is 0.307 e. The number of carboxylic acid groups (broad SMARTS) is 1. The third-order valence-electron chi connectivity index (χ3n) is 3.89. The highest BCUT2D eigenvalue weighted by Crippen LogP contribution is 2.23. The van der Waals surface area contributed by atoms with Gasteiger partial charge in [0.05, 0.1) is 11.3 Å². The summed E-state index contributed by atoms with van der Waals surface area (Å²) in [4.78, 5) is 10.9. The normalized spacial score (nSPS) is 20.9. The minimum absolute atomic E-state index is 0.0957. The summed E-state index contributed by atoms with van der Waals surface area (Å²) in [5, 5.41) is 8.73. The Morgan fingerprint density at radius 2 is 1.90 bits per heavy atom. The van der Waals surface area contributed by atoms with Crippen LogP contribution in [-0.2, 0) is 21.2 Å². The highest BCUT2D eigenvalue weighted by atomic mass is 32.2. The first-order valence-corrected chi connectivity index (χ1v) is 8.64. The van der Waals surface area contributed by atoms with Gasteiger partial charge in [0.2, 0.25) is 10.0 Å². The van der Waals surface area contributed by atoms with E-state index in [-0.39, 0.29) is 11.3 Å². The molecule has 0 amide bonds. The molecule has 0 aromatic heterocycles. The highest BCUT2D eigenvalue weighted by molar-refractivity contribution is 7.89. The maximum atomic E-state index is 12.6. The first-order chi connectivity index (χ1) is 9.89. The summed E-state index contributed by atoms with van der Waals surface area (Å²) in [6.07, 6.45) is 2.74. The molecule has 1 aromatic rings. The lowest BCUT2D eigenvalue weighted by Crippen LogP contribution is -2.32. The zero-order chi connectivity index (χ0) is 15.5. The molecule has 21 heavy (non-hydrogen) atoms. The molecule has 0 radical (unpaired) electrons. The van der Waals surface area contributed by atoms with Gasteiger partial charge in [0, 0.05) is 13.1 Å². The summed E-state index contributed by atoms with van der Waals surface area (Å²) < 4.78 is 26.7. The van der Waals surface area contributed by atoms with E-state index in [9.17, 15) is 13.2 Å². The van der Waals surface area contributed by atoms with Gasteiger partial charge in [-0.3, -0.25) is 4.79 Å². The fourth-order valence-corrected chi connectivity index (χ4v) is 4.07. The van der Waals surface area contributed by atoms with Crippen LogP contribution in [-0.4, -0.2) is 36.9 Å². The van der Waals surface area contributed by atoms with E-state index in [1.807, 2.05) is 0 Å². The standard InChI is InChI=1S/C15H21NO4S/c1-12-3-2-9-16(10-8-12)21(19,20)14-6-4-13(5-7-14)11-15(17)18/h4-7,12H,2-3,8-11H2,1H3,(H,17,18). The molecule has 1 aromatic carbocycles. The first kappa shape index (κ1) is 16.0. The Bertz CT molecular complexity index is 595. The minimum atomic E-state index is -3.47. The van der Waals surface area contributed by atoms with Crippen molar-refractivity contribution in [1.82, 2.24) is 4.31 Å². The van der Waals surface area contributed by atoms with Gasteiger partial charge in [-0.1, -0.05) is 19.1 Å². The van der Waals surface area contributed by atoms with E-state index < -0.39 is 16.0 Å². The SMILES string of the molecule is CC1CCCN(S(=O)(=O)c2ccc(CC(=O)O)cc2)CC1. The number of carboxylic acids is 1. The minimum Gasteiger partial charge on any atom is -0.481 e. The predicted octanol–water partition coefficient (Wildman–Crippen LogP) is 2.12. The summed E-state index contributed by atoms with van der Waals surface area (Å²) in [6.45, 7) is 3.26. The van der Waals surface area contributed by atoms with Crippen molar-refractivity contribution in [3.63, 3.8) is 0 Å². The molecule has 1 aliphatic heterocycles. The average molecular weight is 311 g/mol. The molecule has 0 spiro atoms. The van der Waals surface area contributed by atoms with Crippen molar-refractivity contribution in [2.75, 3.05) is 13.1 Å². The van der Waals surface area contributed by atoms with E-state index in [0.717, 1.165) is 19.3 Å². The Balaban J connectivity index is 2.16. The van der Waals surface area contributed by atoms with Gasteiger partial charge >= 0.3 is 5.97 Å². The fourth-order valence-electron chi connectivity index (χ4n) is 2.58. The van der Waals surface area contributed by atoms with Crippen LogP contribution >= 0.6 is 0 Å². The fraction of sp³-hybridized carbons (Fsp3) is 0.533. The second-order valence-electron chi connectivity index (χ2n) is 5.65. The molecule has 116 valence electrons. The molecule has 0 aliphatic carbocycles. The predicted molar refractivity (Wildman–Crippen MR) is 79.6 cm³/mol. The van der Waals surface area contributed by atoms with Crippen molar-refractivity contribution < 1.29 is 18.3 Å². The zero-order valence-electron chi connectivity index (χ0n) is 12.2. The zero-order valence-corrected chi connectivity index (χ0v) is 13.0. The summed E-state index contributed by atoms with van der Waals surface area (Å²) in [5.41, 5.74) is 0.603. The van der Waals surface area contributed by atoms with E-state index in [1.165, 1.54) is 12.1 Å². The summed E-state index contributed by atoms with van der Waals surface area (Å²) >= 11 is 0. The van der Waals surface area contributed by atoms with Gasteiger partial charge in [-0.25, -0.2) is 8.42 Å². The number of carbonyl (C=O) groups is 1. The molecular weight excluding hydrogens is 290 g/mol. The van der Waals surface area contributed by atoms with Crippen LogP contribution in [0.3, 0.4) is 0 Å². The van der Waals surface area contributed by atoms with Crippen molar-refractivity contribution in [3.05, 3.63) is 29.8 Å².